The van der Waals surface area contributed by atoms with Crippen molar-refractivity contribution in [2.24, 2.45) is 0 Å². The van der Waals surface area contributed by atoms with Crippen LogP contribution in [-0.2, 0) is 4.74 Å². The first-order valence-corrected chi connectivity index (χ1v) is 8.26. The Kier molecular flexibility index (Phi) is 4.69. The number of nitrogens with zero attached hydrogens (tertiary/aromatic N) is 3. The smallest absolute Gasteiger partial charge is 0.409 e. The molecule has 3 rings (SSSR count). The zero-order chi connectivity index (χ0) is 17.1. The van der Waals surface area contributed by atoms with Gasteiger partial charge < -0.3 is 19.5 Å². The molecule has 0 spiro atoms. The maximum absolute atomic E-state index is 12.8. The Balaban J connectivity index is 1.70. The molecule has 1 aromatic heterocycles. The van der Waals surface area contributed by atoms with Crippen molar-refractivity contribution in [3.05, 3.63) is 29.6 Å². The van der Waals surface area contributed by atoms with Gasteiger partial charge in [-0.05, 0) is 38.5 Å². The first kappa shape index (κ1) is 16.3. The lowest BCUT2D eigenvalue weighted by Gasteiger charge is -2.21. The normalized spacial score (nSPS) is 15.4. The van der Waals surface area contributed by atoms with Crippen LogP contribution in [0.15, 0.2) is 18.2 Å². The third-order valence-corrected chi connectivity index (χ3v) is 4.16. The molecule has 2 heterocycles. The molecule has 0 aliphatic carbocycles. The first-order chi connectivity index (χ1) is 11.6. The van der Waals surface area contributed by atoms with E-state index < -0.39 is 0 Å². The number of carbonyl (C=O) groups excluding carboxylic acids is 2. The zero-order valence-corrected chi connectivity index (χ0v) is 14.0. The summed E-state index contributed by atoms with van der Waals surface area (Å²) in [5.74, 6) is 0.810. The molecule has 1 aromatic carbocycles. The van der Waals surface area contributed by atoms with Gasteiger partial charge in [0.15, 0.2) is 0 Å². The van der Waals surface area contributed by atoms with E-state index in [9.17, 15) is 9.59 Å². The van der Waals surface area contributed by atoms with Crippen LogP contribution >= 0.6 is 0 Å². The number of benzene rings is 1. The highest BCUT2D eigenvalue weighted by Crippen LogP contribution is 2.16. The second-order valence-corrected chi connectivity index (χ2v) is 5.89. The molecule has 2 aromatic rings. The average Bonchev–Trinajstić information content (AvgIpc) is 2.78. The lowest BCUT2D eigenvalue weighted by atomic mass is 10.1. The SMILES string of the molecule is CCOC(=O)N1CCCN(C(=O)c2ccc3nc(C)[nH]c3c2)CC1. The van der Waals surface area contributed by atoms with Crippen LogP contribution in [0.2, 0.25) is 0 Å². The maximum atomic E-state index is 12.8. The van der Waals surface area contributed by atoms with Gasteiger partial charge in [0.25, 0.3) is 5.91 Å². The Labute approximate surface area is 140 Å². The Morgan fingerprint density at radius 3 is 2.75 bits per heavy atom. The number of rotatable bonds is 2. The summed E-state index contributed by atoms with van der Waals surface area (Å²) in [6.07, 6.45) is 0.442. The third kappa shape index (κ3) is 3.34. The van der Waals surface area contributed by atoms with Gasteiger partial charge in [-0.3, -0.25) is 4.79 Å². The van der Waals surface area contributed by atoms with Gasteiger partial charge in [-0.15, -0.1) is 0 Å². The predicted molar refractivity (Wildman–Crippen MR) is 89.9 cm³/mol. The van der Waals surface area contributed by atoms with Gasteiger partial charge in [-0.1, -0.05) is 0 Å². The van der Waals surface area contributed by atoms with Gasteiger partial charge in [-0.2, -0.15) is 0 Å². The van der Waals surface area contributed by atoms with E-state index in [1.807, 2.05) is 19.1 Å². The molecule has 1 aliphatic rings. The number of nitrogens with one attached hydrogen (secondary N) is 1. The van der Waals surface area contributed by atoms with Crippen LogP contribution in [0.1, 0.15) is 29.5 Å². The molecule has 1 N–H and O–H groups in total. The van der Waals surface area contributed by atoms with Crippen LogP contribution in [0.3, 0.4) is 0 Å². The van der Waals surface area contributed by atoms with E-state index >= 15 is 0 Å². The van der Waals surface area contributed by atoms with Crippen LogP contribution in [0, 0.1) is 6.92 Å². The van der Waals surface area contributed by atoms with Gasteiger partial charge in [0.1, 0.15) is 5.82 Å². The molecule has 24 heavy (non-hydrogen) atoms. The van der Waals surface area contributed by atoms with Gasteiger partial charge in [-0.25, -0.2) is 9.78 Å². The molecule has 128 valence electrons. The number of amides is 2. The number of aromatic amines is 1. The molecule has 7 nitrogen and oxygen atoms in total. The third-order valence-electron chi connectivity index (χ3n) is 4.16. The summed E-state index contributed by atoms with van der Waals surface area (Å²) in [4.78, 5) is 35.6. The van der Waals surface area contributed by atoms with Crippen LogP contribution in [0.4, 0.5) is 4.79 Å². The van der Waals surface area contributed by atoms with Crippen molar-refractivity contribution in [1.29, 1.82) is 0 Å². The predicted octanol–water partition coefficient (Wildman–Crippen LogP) is 2.18. The fourth-order valence-electron chi connectivity index (χ4n) is 2.97. The van der Waals surface area contributed by atoms with Crippen LogP contribution < -0.4 is 0 Å². The quantitative estimate of drug-likeness (QED) is 0.915. The molecule has 1 fully saturated rings. The fraction of sp³-hybridized carbons (Fsp3) is 0.471. The van der Waals surface area contributed by atoms with Crippen molar-refractivity contribution in [1.82, 2.24) is 19.8 Å². The molecule has 1 aliphatic heterocycles. The topological polar surface area (TPSA) is 78.5 Å². The van der Waals surface area contributed by atoms with Crippen molar-refractivity contribution in [2.45, 2.75) is 20.3 Å². The standard InChI is InChI=1S/C17H22N4O3/c1-3-24-17(23)21-8-4-7-20(9-10-21)16(22)13-5-6-14-15(11-13)19-12(2)18-14/h5-6,11H,3-4,7-10H2,1-2H3,(H,18,19). The molecular weight excluding hydrogens is 308 g/mol. The number of carbonyl (C=O) groups is 2. The van der Waals surface area contributed by atoms with Crippen molar-refractivity contribution < 1.29 is 14.3 Å². The van der Waals surface area contributed by atoms with E-state index in [2.05, 4.69) is 9.97 Å². The number of ether oxygens (including phenoxy) is 1. The van der Waals surface area contributed by atoms with Gasteiger partial charge in [0.05, 0.1) is 17.6 Å². The van der Waals surface area contributed by atoms with E-state index in [0.29, 0.717) is 38.3 Å². The van der Waals surface area contributed by atoms with E-state index in [1.165, 1.54) is 0 Å². The van der Waals surface area contributed by atoms with Gasteiger partial charge >= 0.3 is 6.09 Å². The fourth-order valence-corrected chi connectivity index (χ4v) is 2.97. The molecule has 0 bridgehead atoms. The highest BCUT2D eigenvalue weighted by molar-refractivity contribution is 5.97. The van der Waals surface area contributed by atoms with Crippen LogP contribution in [-0.4, -0.2) is 64.6 Å². The summed E-state index contributed by atoms with van der Waals surface area (Å²) in [5, 5.41) is 0. The molecule has 1 saturated heterocycles. The largest absolute Gasteiger partial charge is 0.450 e. The molecule has 0 saturated carbocycles. The number of hydrogen-bond donors (Lipinski definition) is 1. The highest BCUT2D eigenvalue weighted by Gasteiger charge is 2.23. The summed E-state index contributed by atoms with van der Waals surface area (Å²) in [6.45, 7) is 6.30. The number of hydrogen-bond acceptors (Lipinski definition) is 4. The van der Waals surface area contributed by atoms with Crippen molar-refractivity contribution in [3.8, 4) is 0 Å². The van der Waals surface area contributed by atoms with E-state index in [0.717, 1.165) is 23.3 Å². The minimum absolute atomic E-state index is 0.0186. The highest BCUT2D eigenvalue weighted by atomic mass is 16.6. The second kappa shape index (κ2) is 6.90. The lowest BCUT2D eigenvalue weighted by molar-refractivity contribution is 0.0753. The summed E-state index contributed by atoms with van der Waals surface area (Å²) in [5.41, 5.74) is 2.35. The second-order valence-electron chi connectivity index (χ2n) is 5.89. The van der Waals surface area contributed by atoms with E-state index in [-0.39, 0.29) is 12.0 Å². The van der Waals surface area contributed by atoms with E-state index in [4.69, 9.17) is 4.74 Å². The number of fused-ring (bicyclic) bond motifs is 1. The number of imidazole rings is 1. The van der Waals surface area contributed by atoms with E-state index in [1.54, 1.807) is 22.8 Å². The first-order valence-electron chi connectivity index (χ1n) is 8.26. The number of aromatic nitrogens is 2. The van der Waals surface area contributed by atoms with Crippen molar-refractivity contribution in [2.75, 3.05) is 32.8 Å². The molecular formula is C17H22N4O3. The molecule has 0 radical (unpaired) electrons. The lowest BCUT2D eigenvalue weighted by Crippen LogP contribution is -2.37. The monoisotopic (exact) mass is 330 g/mol. The molecule has 0 unspecified atom stereocenters. The van der Waals surface area contributed by atoms with Crippen LogP contribution in [0.5, 0.6) is 0 Å². The minimum Gasteiger partial charge on any atom is -0.450 e. The van der Waals surface area contributed by atoms with Crippen LogP contribution in [0.25, 0.3) is 11.0 Å². The molecule has 7 heteroatoms. The Morgan fingerprint density at radius 1 is 1.21 bits per heavy atom. The maximum Gasteiger partial charge on any atom is 0.409 e. The number of aryl methyl sites for hydroxylation is 1. The Morgan fingerprint density at radius 2 is 1.96 bits per heavy atom. The Hall–Kier alpha value is -2.57. The summed E-state index contributed by atoms with van der Waals surface area (Å²) in [7, 11) is 0. The molecule has 0 atom stereocenters. The van der Waals surface area contributed by atoms with Gasteiger partial charge in [0, 0.05) is 31.7 Å². The Bertz CT molecular complexity index is 755. The minimum atomic E-state index is -0.304. The summed E-state index contributed by atoms with van der Waals surface area (Å²) in [6, 6.07) is 5.50. The van der Waals surface area contributed by atoms with Gasteiger partial charge in [0.2, 0.25) is 0 Å². The summed E-state index contributed by atoms with van der Waals surface area (Å²) >= 11 is 0. The average molecular weight is 330 g/mol. The molecule has 2 amide bonds. The van der Waals surface area contributed by atoms with Crippen molar-refractivity contribution >= 4 is 23.0 Å². The number of H-pyrrole nitrogens is 1. The zero-order valence-electron chi connectivity index (χ0n) is 14.0. The van der Waals surface area contributed by atoms with Crippen molar-refractivity contribution in [3.63, 3.8) is 0 Å². The summed E-state index contributed by atoms with van der Waals surface area (Å²) < 4.78 is 5.04.